The van der Waals surface area contributed by atoms with Gasteiger partial charge in [0.2, 0.25) is 23.6 Å². The zero-order valence-corrected chi connectivity index (χ0v) is 28.4. The number of imide groups is 2. The Balaban J connectivity index is 1.37. The van der Waals surface area contributed by atoms with E-state index in [2.05, 4.69) is 0 Å². The number of anilines is 2. The molecule has 0 unspecified atom stereocenters. The summed E-state index contributed by atoms with van der Waals surface area (Å²) < 4.78 is 102. The van der Waals surface area contributed by atoms with Crippen molar-refractivity contribution in [3.05, 3.63) is 93.8 Å². The lowest BCUT2D eigenvalue weighted by molar-refractivity contribution is -0.143. The van der Waals surface area contributed by atoms with E-state index in [0.717, 1.165) is 17.0 Å². The Morgan fingerprint density at radius 1 is 0.849 bits per heavy atom. The number of aromatic hydroxyl groups is 1. The van der Waals surface area contributed by atoms with E-state index in [0.29, 0.717) is 28.2 Å². The number of amides is 4. The lowest BCUT2D eigenvalue weighted by Crippen LogP contribution is -2.48. The first-order valence-corrected chi connectivity index (χ1v) is 16.8. The normalized spacial score (nSPS) is 27.1. The standard InChI is InChI=1S/C37H28ClF7N2O6/c1-3-53-28-10-16(4-9-27(28)48)30-21-6-7-22-29(33(51)46(31(22)49)20-12-17(36(40,41)42)11-18(13-20)37(43,44)45)23(21)15-24-32(50)47(34(52)35(24,30)2)19-5-8-26(39)25(38)14-19/h4-6,8-14,22-24,29-30,48H,3,7,15H2,1-2H3/t22-,23+,24-,29-,30-,35+/m0/s1. The molecule has 0 radical (unpaired) electrons. The molecule has 3 aromatic rings. The second-order valence-corrected chi connectivity index (χ2v) is 14.1. The monoisotopic (exact) mass is 764 g/mol. The van der Waals surface area contributed by atoms with E-state index in [4.69, 9.17) is 16.3 Å². The molecule has 2 aliphatic heterocycles. The summed E-state index contributed by atoms with van der Waals surface area (Å²) in [5.41, 5.74) is -5.10. The first-order valence-electron chi connectivity index (χ1n) is 16.4. The number of hydrogen-bond donors (Lipinski definition) is 1. The SMILES string of the molecule is CCOc1cc([C@H]2C3=CC[C@@H]4C(=O)N(c5cc(C(F)(F)F)cc(C(F)(F)F)c5)C(=O)[C@@H]4[C@@H]3C[C@H]3C(=O)N(c4ccc(F)c(Cl)c4)C(=O)[C@@]23C)ccc1O. The molecule has 0 aromatic heterocycles. The highest BCUT2D eigenvalue weighted by molar-refractivity contribution is 6.32. The van der Waals surface area contributed by atoms with Gasteiger partial charge in [-0.05, 0) is 86.7 Å². The third-order valence-electron chi connectivity index (χ3n) is 10.9. The number of carbonyl (C=O) groups excluding carboxylic acids is 4. The molecule has 3 fully saturated rings. The van der Waals surface area contributed by atoms with E-state index < -0.39 is 93.6 Å². The number of benzene rings is 3. The number of allylic oxidation sites excluding steroid dienone is 2. The molecule has 278 valence electrons. The van der Waals surface area contributed by atoms with Gasteiger partial charge in [0.1, 0.15) is 5.82 Å². The number of halogens is 8. The molecule has 16 heteroatoms. The maximum absolute atomic E-state index is 14.6. The number of phenolic OH excluding ortho intramolecular Hbond substituents is 1. The highest BCUT2D eigenvalue weighted by atomic mass is 35.5. The Hall–Kier alpha value is -4.92. The second kappa shape index (κ2) is 12.3. The van der Waals surface area contributed by atoms with Crippen molar-refractivity contribution in [2.45, 2.75) is 45.0 Å². The molecule has 0 spiro atoms. The number of carbonyl (C=O) groups is 4. The summed E-state index contributed by atoms with van der Waals surface area (Å²) in [5.74, 6) is -10.2. The molecule has 4 amide bonds. The van der Waals surface area contributed by atoms with Crippen LogP contribution >= 0.6 is 11.6 Å². The van der Waals surface area contributed by atoms with E-state index in [1.165, 1.54) is 24.3 Å². The lowest BCUT2D eigenvalue weighted by atomic mass is 9.51. The molecule has 4 aliphatic rings. The zero-order chi connectivity index (χ0) is 38.5. The Morgan fingerprint density at radius 3 is 2.11 bits per heavy atom. The summed E-state index contributed by atoms with van der Waals surface area (Å²) in [6.07, 6.45) is -9.22. The number of phenols is 1. The molecule has 6 atom stereocenters. The van der Waals surface area contributed by atoms with Crippen molar-refractivity contribution >= 4 is 46.6 Å². The van der Waals surface area contributed by atoms with Gasteiger partial charge in [-0.25, -0.2) is 14.2 Å². The number of hydrogen-bond acceptors (Lipinski definition) is 6. The minimum atomic E-state index is -5.25. The predicted octanol–water partition coefficient (Wildman–Crippen LogP) is 8.06. The molecule has 2 aliphatic carbocycles. The van der Waals surface area contributed by atoms with Crippen molar-refractivity contribution in [2.24, 2.45) is 29.1 Å². The van der Waals surface area contributed by atoms with Crippen molar-refractivity contribution < 1.29 is 59.8 Å². The predicted molar refractivity (Wildman–Crippen MR) is 174 cm³/mol. The summed E-state index contributed by atoms with van der Waals surface area (Å²) in [6.45, 7) is 3.37. The van der Waals surface area contributed by atoms with Crippen molar-refractivity contribution in [2.75, 3.05) is 16.4 Å². The molecular weight excluding hydrogens is 737 g/mol. The highest BCUT2D eigenvalue weighted by Crippen LogP contribution is 2.64. The van der Waals surface area contributed by atoms with Crippen LogP contribution in [0.4, 0.5) is 42.1 Å². The van der Waals surface area contributed by atoms with Crippen LogP contribution in [0.5, 0.6) is 11.5 Å². The van der Waals surface area contributed by atoms with Gasteiger partial charge in [-0.1, -0.05) is 29.3 Å². The Bertz CT molecular complexity index is 2100. The number of rotatable bonds is 5. The largest absolute Gasteiger partial charge is 0.504 e. The Morgan fingerprint density at radius 2 is 1.51 bits per heavy atom. The van der Waals surface area contributed by atoms with E-state index in [1.54, 1.807) is 19.9 Å². The third-order valence-corrected chi connectivity index (χ3v) is 11.2. The van der Waals surface area contributed by atoms with Gasteiger partial charge in [0.15, 0.2) is 11.5 Å². The average Bonchev–Trinajstić information content (AvgIpc) is 3.45. The number of nitrogens with zero attached hydrogens (tertiary/aromatic N) is 2. The quantitative estimate of drug-likeness (QED) is 0.160. The van der Waals surface area contributed by atoms with Crippen LogP contribution < -0.4 is 14.5 Å². The average molecular weight is 765 g/mol. The molecule has 1 N–H and O–H groups in total. The summed E-state index contributed by atoms with van der Waals surface area (Å²) in [6, 6.07) is 8.12. The summed E-state index contributed by atoms with van der Waals surface area (Å²) in [4.78, 5) is 58.2. The minimum absolute atomic E-state index is 0.0281. The fourth-order valence-electron chi connectivity index (χ4n) is 8.57. The third kappa shape index (κ3) is 5.57. The Kier molecular flexibility index (Phi) is 8.47. The maximum Gasteiger partial charge on any atom is 0.416 e. The van der Waals surface area contributed by atoms with Crippen molar-refractivity contribution in [3.8, 4) is 11.5 Å². The van der Waals surface area contributed by atoms with Gasteiger partial charge < -0.3 is 9.84 Å². The van der Waals surface area contributed by atoms with E-state index in [1.807, 2.05) is 0 Å². The molecule has 2 heterocycles. The van der Waals surface area contributed by atoms with Crippen LogP contribution in [-0.2, 0) is 31.5 Å². The first-order chi connectivity index (χ1) is 24.8. The topological polar surface area (TPSA) is 104 Å². The minimum Gasteiger partial charge on any atom is -0.504 e. The first kappa shape index (κ1) is 36.4. The molecule has 7 rings (SSSR count). The van der Waals surface area contributed by atoms with Crippen LogP contribution in [0.15, 0.2) is 66.2 Å². The smallest absolute Gasteiger partial charge is 0.416 e. The molecule has 1 saturated carbocycles. The van der Waals surface area contributed by atoms with E-state index in [-0.39, 0.29) is 47.7 Å². The molecule has 8 nitrogen and oxygen atoms in total. The van der Waals surface area contributed by atoms with Gasteiger partial charge in [-0.2, -0.15) is 26.3 Å². The molecule has 53 heavy (non-hydrogen) atoms. The molecule has 3 aromatic carbocycles. The van der Waals surface area contributed by atoms with Gasteiger partial charge in [-0.15, -0.1) is 0 Å². The van der Waals surface area contributed by atoms with Gasteiger partial charge in [0, 0.05) is 5.92 Å². The van der Waals surface area contributed by atoms with Gasteiger partial charge in [0.25, 0.3) is 0 Å². The van der Waals surface area contributed by atoms with Crippen LogP contribution in [0.1, 0.15) is 49.3 Å². The van der Waals surface area contributed by atoms with Crippen molar-refractivity contribution in [1.29, 1.82) is 0 Å². The second-order valence-electron chi connectivity index (χ2n) is 13.7. The lowest BCUT2D eigenvalue weighted by Gasteiger charge is -2.49. The number of alkyl halides is 6. The van der Waals surface area contributed by atoms with Crippen molar-refractivity contribution in [3.63, 3.8) is 0 Å². The van der Waals surface area contributed by atoms with Crippen LogP contribution in [0, 0.1) is 34.9 Å². The van der Waals surface area contributed by atoms with E-state index in [9.17, 15) is 55.0 Å². The fourth-order valence-corrected chi connectivity index (χ4v) is 8.74. The van der Waals surface area contributed by atoms with Crippen LogP contribution in [-0.4, -0.2) is 35.3 Å². The Labute approximate surface area is 301 Å². The summed E-state index contributed by atoms with van der Waals surface area (Å²) >= 11 is 6.02. The fraction of sp³-hybridized carbons (Fsp3) is 0.351. The number of ether oxygens (including phenoxy) is 1. The summed E-state index contributed by atoms with van der Waals surface area (Å²) in [5, 5.41) is 10.1. The van der Waals surface area contributed by atoms with Gasteiger partial charge in [0.05, 0.1) is 57.3 Å². The molecule has 2 saturated heterocycles. The summed E-state index contributed by atoms with van der Waals surface area (Å²) in [7, 11) is 0. The van der Waals surface area contributed by atoms with Gasteiger partial charge >= 0.3 is 12.4 Å². The van der Waals surface area contributed by atoms with Crippen LogP contribution in [0.25, 0.3) is 0 Å². The van der Waals surface area contributed by atoms with Crippen molar-refractivity contribution in [1.82, 2.24) is 0 Å². The van der Waals surface area contributed by atoms with Gasteiger partial charge in [-0.3, -0.25) is 19.2 Å². The van der Waals surface area contributed by atoms with Crippen LogP contribution in [0.3, 0.4) is 0 Å². The molecular formula is C37H28ClF7N2O6. The highest BCUT2D eigenvalue weighted by Gasteiger charge is 2.68. The molecule has 0 bridgehead atoms. The number of fused-ring (bicyclic) bond motifs is 4. The van der Waals surface area contributed by atoms with Crippen LogP contribution in [0.2, 0.25) is 5.02 Å². The zero-order valence-electron chi connectivity index (χ0n) is 27.7. The van der Waals surface area contributed by atoms with E-state index >= 15 is 0 Å². The maximum atomic E-state index is 14.6.